The van der Waals surface area contributed by atoms with Crippen molar-refractivity contribution in [2.24, 2.45) is 0 Å². The fourth-order valence-electron chi connectivity index (χ4n) is 1.08. The van der Waals surface area contributed by atoms with Crippen molar-refractivity contribution in [1.29, 1.82) is 0 Å². The normalized spacial score (nSPS) is 10.5. The Hall–Kier alpha value is -0.690. The van der Waals surface area contributed by atoms with E-state index in [1.807, 2.05) is 25.1 Å². The topological polar surface area (TPSA) is 9.23 Å². The molecule has 0 atom stereocenters. The molecule has 1 radical (unpaired) electrons. The number of hydrogen-bond acceptors (Lipinski definition) is 1. The summed E-state index contributed by atoms with van der Waals surface area (Å²) < 4.78 is 5.33. The molecular weight excluding hydrogens is 184 g/mol. The summed E-state index contributed by atoms with van der Waals surface area (Å²) in [7, 11) is 0. The molecule has 0 bridgehead atoms. The van der Waals surface area contributed by atoms with Crippen LogP contribution in [0.3, 0.4) is 0 Å². The largest absolute Gasteiger partial charge is 0.492 e. The Balaban J connectivity index is 2.92. The molecule has 0 saturated carbocycles. The Morgan fingerprint density at radius 1 is 1.38 bits per heavy atom. The molecule has 0 aliphatic carbocycles. The average Bonchev–Trinajstić information content (AvgIpc) is 2.08. The van der Waals surface area contributed by atoms with Gasteiger partial charge in [0.15, 0.2) is 0 Å². The zero-order chi connectivity index (χ0) is 9.84. The fourth-order valence-corrected chi connectivity index (χ4v) is 1.32. The Morgan fingerprint density at radius 3 is 2.54 bits per heavy atom. The van der Waals surface area contributed by atoms with E-state index in [1.54, 1.807) is 0 Å². The SMILES string of the molecule is CCOc1ccc([C](C)C)cc1Cl. The van der Waals surface area contributed by atoms with Gasteiger partial charge in [-0.1, -0.05) is 31.5 Å². The molecule has 1 aromatic rings. The lowest BCUT2D eigenvalue weighted by Crippen LogP contribution is -1.94. The lowest BCUT2D eigenvalue weighted by molar-refractivity contribution is 0.340. The second kappa shape index (κ2) is 4.52. The number of rotatable bonds is 3. The van der Waals surface area contributed by atoms with E-state index in [2.05, 4.69) is 13.8 Å². The maximum atomic E-state index is 6.01. The maximum Gasteiger partial charge on any atom is 0.137 e. The molecule has 13 heavy (non-hydrogen) atoms. The maximum absolute atomic E-state index is 6.01. The van der Waals surface area contributed by atoms with E-state index in [0.29, 0.717) is 11.6 Å². The van der Waals surface area contributed by atoms with Crippen LogP contribution in [0.4, 0.5) is 0 Å². The van der Waals surface area contributed by atoms with Crippen LogP contribution >= 0.6 is 11.6 Å². The molecule has 0 heterocycles. The van der Waals surface area contributed by atoms with E-state index in [9.17, 15) is 0 Å². The first-order chi connectivity index (χ1) is 6.15. The first-order valence-electron chi connectivity index (χ1n) is 4.38. The zero-order valence-corrected chi connectivity index (χ0v) is 8.98. The van der Waals surface area contributed by atoms with Crippen LogP contribution in [0.5, 0.6) is 5.75 Å². The second-order valence-electron chi connectivity index (χ2n) is 3.08. The Kier molecular flexibility index (Phi) is 3.61. The summed E-state index contributed by atoms with van der Waals surface area (Å²) in [6.07, 6.45) is 0. The van der Waals surface area contributed by atoms with Gasteiger partial charge in [-0.3, -0.25) is 0 Å². The van der Waals surface area contributed by atoms with Crippen LogP contribution in [0.2, 0.25) is 5.02 Å². The summed E-state index contributed by atoms with van der Waals surface area (Å²) in [5.41, 5.74) is 1.16. The van der Waals surface area contributed by atoms with Gasteiger partial charge in [0.1, 0.15) is 5.75 Å². The van der Waals surface area contributed by atoms with Crippen LogP contribution < -0.4 is 4.74 Å². The first kappa shape index (κ1) is 10.4. The van der Waals surface area contributed by atoms with Crippen molar-refractivity contribution in [2.45, 2.75) is 20.8 Å². The van der Waals surface area contributed by atoms with Gasteiger partial charge < -0.3 is 4.74 Å². The summed E-state index contributed by atoms with van der Waals surface area (Å²) in [4.78, 5) is 0. The summed E-state index contributed by atoms with van der Waals surface area (Å²) in [5.74, 6) is 2.01. The molecule has 0 N–H and O–H groups in total. The smallest absolute Gasteiger partial charge is 0.137 e. The van der Waals surface area contributed by atoms with Crippen LogP contribution in [0, 0.1) is 5.92 Å². The molecule has 0 unspecified atom stereocenters. The van der Waals surface area contributed by atoms with Crippen LogP contribution in [-0.2, 0) is 0 Å². The minimum absolute atomic E-state index is 0.647. The highest BCUT2D eigenvalue weighted by atomic mass is 35.5. The van der Waals surface area contributed by atoms with Gasteiger partial charge in [-0.25, -0.2) is 0 Å². The van der Waals surface area contributed by atoms with Crippen LogP contribution in [0.15, 0.2) is 18.2 Å². The van der Waals surface area contributed by atoms with Gasteiger partial charge in [0.05, 0.1) is 11.6 Å². The van der Waals surface area contributed by atoms with E-state index in [1.165, 1.54) is 5.92 Å². The molecule has 0 spiro atoms. The van der Waals surface area contributed by atoms with Gasteiger partial charge >= 0.3 is 0 Å². The van der Waals surface area contributed by atoms with Crippen LogP contribution in [0.25, 0.3) is 0 Å². The van der Waals surface area contributed by atoms with Crippen LogP contribution in [-0.4, -0.2) is 6.61 Å². The zero-order valence-electron chi connectivity index (χ0n) is 8.23. The van der Waals surface area contributed by atoms with Gasteiger partial charge in [-0.05, 0) is 30.5 Å². The van der Waals surface area contributed by atoms with Crippen LogP contribution in [0.1, 0.15) is 26.3 Å². The van der Waals surface area contributed by atoms with Gasteiger partial charge in [-0.15, -0.1) is 0 Å². The highest BCUT2D eigenvalue weighted by Crippen LogP contribution is 2.27. The van der Waals surface area contributed by atoms with Crippen molar-refractivity contribution in [3.8, 4) is 5.75 Å². The number of halogens is 1. The van der Waals surface area contributed by atoms with E-state index in [4.69, 9.17) is 16.3 Å². The third kappa shape index (κ3) is 2.63. The van der Waals surface area contributed by atoms with E-state index < -0.39 is 0 Å². The van der Waals surface area contributed by atoms with Crippen molar-refractivity contribution in [3.05, 3.63) is 34.7 Å². The Bertz CT molecular complexity index is 281. The first-order valence-corrected chi connectivity index (χ1v) is 4.75. The van der Waals surface area contributed by atoms with E-state index >= 15 is 0 Å². The minimum atomic E-state index is 0.647. The molecule has 0 aliphatic heterocycles. The molecule has 0 amide bonds. The van der Waals surface area contributed by atoms with E-state index in [-0.39, 0.29) is 0 Å². The van der Waals surface area contributed by atoms with Gasteiger partial charge in [0.2, 0.25) is 0 Å². The molecule has 1 rings (SSSR count). The second-order valence-corrected chi connectivity index (χ2v) is 3.49. The number of hydrogen-bond donors (Lipinski definition) is 0. The third-order valence-corrected chi connectivity index (χ3v) is 2.10. The van der Waals surface area contributed by atoms with Gasteiger partial charge in [-0.2, -0.15) is 0 Å². The molecule has 1 nitrogen and oxygen atoms in total. The van der Waals surface area contributed by atoms with Crippen molar-refractivity contribution in [2.75, 3.05) is 6.61 Å². The Morgan fingerprint density at radius 2 is 2.08 bits per heavy atom. The lowest BCUT2D eigenvalue weighted by atomic mass is 10.0. The quantitative estimate of drug-likeness (QED) is 0.718. The molecule has 2 heteroatoms. The fraction of sp³-hybridized carbons (Fsp3) is 0.364. The summed E-state index contributed by atoms with van der Waals surface area (Å²) in [6, 6.07) is 5.86. The molecule has 0 fully saturated rings. The highest BCUT2D eigenvalue weighted by molar-refractivity contribution is 6.32. The summed E-state index contributed by atoms with van der Waals surface area (Å²) >= 11 is 6.01. The molecular formula is C11H14ClO. The van der Waals surface area contributed by atoms with Gasteiger partial charge in [0, 0.05) is 0 Å². The van der Waals surface area contributed by atoms with Crippen molar-refractivity contribution in [1.82, 2.24) is 0 Å². The average molecular weight is 198 g/mol. The van der Waals surface area contributed by atoms with Crippen molar-refractivity contribution >= 4 is 11.6 Å². The molecule has 0 aliphatic rings. The van der Waals surface area contributed by atoms with Gasteiger partial charge in [0.25, 0.3) is 0 Å². The van der Waals surface area contributed by atoms with Crippen molar-refractivity contribution in [3.63, 3.8) is 0 Å². The van der Waals surface area contributed by atoms with E-state index in [0.717, 1.165) is 11.3 Å². The Labute approximate surface area is 84.7 Å². The molecule has 0 saturated heterocycles. The standard InChI is InChI=1S/C11H14ClO/c1-4-13-11-6-5-9(8(2)3)7-10(11)12/h5-7H,4H2,1-3H3. The predicted octanol–water partition coefficient (Wildman–Crippen LogP) is 3.70. The minimum Gasteiger partial charge on any atom is -0.492 e. The number of benzene rings is 1. The lowest BCUT2D eigenvalue weighted by Gasteiger charge is -2.09. The van der Waals surface area contributed by atoms with Crippen molar-refractivity contribution < 1.29 is 4.74 Å². The third-order valence-electron chi connectivity index (χ3n) is 1.81. The highest BCUT2D eigenvalue weighted by Gasteiger charge is 2.04. The molecule has 0 aromatic heterocycles. The summed E-state index contributed by atoms with van der Waals surface area (Å²) in [6.45, 7) is 6.72. The molecule has 1 aromatic carbocycles. The number of ether oxygens (including phenoxy) is 1. The molecule has 71 valence electrons. The predicted molar refractivity (Wildman–Crippen MR) is 56.3 cm³/mol. The summed E-state index contributed by atoms with van der Waals surface area (Å²) in [5, 5.41) is 0.681. The monoisotopic (exact) mass is 197 g/mol.